The topological polar surface area (TPSA) is 98.5 Å². The van der Waals surface area contributed by atoms with Gasteiger partial charge < -0.3 is 5.11 Å². The molecule has 0 aromatic heterocycles. The largest absolute Gasteiger partial charge is 0.478 e. The van der Waals surface area contributed by atoms with E-state index in [0.717, 1.165) is 6.07 Å². The first kappa shape index (κ1) is 16.1. The fraction of sp³-hybridized carbons (Fsp3) is 0.385. The van der Waals surface area contributed by atoms with Gasteiger partial charge in [-0.1, -0.05) is 6.07 Å². The van der Waals surface area contributed by atoms with Gasteiger partial charge in [0, 0.05) is 19.0 Å². The molecule has 0 saturated carbocycles. The molecule has 0 unspecified atom stereocenters. The number of aromatic carboxylic acids is 1. The number of sulfonamides is 1. The van der Waals surface area contributed by atoms with E-state index in [0.29, 0.717) is 0 Å². The number of hydrogen-bond acceptors (Lipinski definition) is 4. The molecule has 0 radical (unpaired) electrons. The third-order valence-electron chi connectivity index (χ3n) is 2.71. The molecule has 20 heavy (non-hydrogen) atoms. The van der Waals surface area contributed by atoms with Gasteiger partial charge in [0.15, 0.2) is 0 Å². The lowest BCUT2D eigenvalue weighted by Gasteiger charge is -2.25. The molecular formula is C13H16N2O4S. The number of nitriles is 1. The van der Waals surface area contributed by atoms with Crippen LogP contribution in [0.5, 0.6) is 0 Å². The van der Waals surface area contributed by atoms with Crippen molar-refractivity contribution in [1.82, 2.24) is 4.31 Å². The van der Waals surface area contributed by atoms with Crippen molar-refractivity contribution in [3.8, 4) is 6.07 Å². The van der Waals surface area contributed by atoms with E-state index in [4.69, 9.17) is 10.4 Å². The zero-order chi connectivity index (χ0) is 15.3. The van der Waals surface area contributed by atoms with Gasteiger partial charge in [-0.05, 0) is 32.0 Å². The van der Waals surface area contributed by atoms with Gasteiger partial charge in [-0.3, -0.25) is 0 Å². The van der Waals surface area contributed by atoms with E-state index in [9.17, 15) is 13.2 Å². The van der Waals surface area contributed by atoms with Gasteiger partial charge in [0.1, 0.15) is 0 Å². The first-order valence-corrected chi connectivity index (χ1v) is 7.47. The summed E-state index contributed by atoms with van der Waals surface area (Å²) < 4.78 is 26.1. The fourth-order valence-corrected chi connectivity index (χ4v) is 3.43. The summed E-state index contributed by atoms with van der Waals surface area (Å²) in [4.78, 5) is 10.8. The molecule has 1 aromatic rings. The number of benzene rings is 1. The van der Waals surface area contributed by atoms with Crippen LogP contribution in [-0.2, 0) is 10.0 Å². The van der Waals surface area contributed by atoms with Crippen LogP contribution in [0, 0.1) is 11.3 Å². The van der Waals surface area contributed by atoms with E-state index in [-0.39, 0.29) is 29.5 Å². The number of carbonyl (C=O) groups is 1. The third-order valence-corrected chi connectivity index (χ3v) is 4.78. The van der Waals surface area contributed by atoms with E-state index >= 15 is 0 Å². The molecule has 0 spiro atoms. The van der Waals surface area contributed by atoms with E-state index in [1.54, 1.807) is 13.8 Å². The molecular weight excluding hydrogens is 280 g/mol. The average molecular weight is 296 g/mol. The molecule has 0 heterocycles. The highest BCUT2D eigenvalue weighted by molar-refractivity contribution is 7.89. The lowest BCUT2D eigenvalue weighted by Crippen LogP contribution is -2.37. The Labute approximate surface area is 118 Å². The quantitative estimate of drug-likeness (QED) is 0.861. The summed E-state index contributed by atoms with van der Waals surface area (Å²) in [5, 5.41) is 17.5. The molecule has 0 aliphatic heterocycles. The summed E-state index contributed by atoms with van der Waals surface area (Å²) in [5.74, 6) is -1.19. The van der Waals surface area contributed by atoms with Gasteiger partial charge in [-0.2, -0.15) is 9.57 Å². The number of nitrogens with zero attached hydrogens (tertiary/aromatic N) is 2. The van der Waals surface area contributed by atoms with Crippen molar-refractivity contribution in [2.24, 2.45) is 0 Å². The predicted molar refractivity (Wildman–Crippen MR) is 72.7 cm³/mol. The Hall–Kier alpha value is -1.91. The molecule has 7 heteroatoms. The molecule has 6 nitrogen and oxygen atoms in total. The number of carboxylic acid groups (broad SMARTS) is 1. The Kier molecular flexibility index (Phi) is 5.25. The van der Waals surface area contributed by atoms with Crippen molar-refractivity contribution in [2.75, 3.05) is 6.54 Å². The molecule has 0 aliphatic rings. The number of rotatable bonds is 6. The smallest absolute Gasteiger partial charge is 0.335 e. The van der Waals surface area contributed by atoms with Crippen molar-refractivity contribution in [1.29, 1.82) is 5.26 Å². The molecule has 0 fully saturated rings. The van der Waals surface area contributed by atoms with Gasteiger partial charge >= 0.3 is 5.97 Å². The van der Waals surface area contributed by atoms with Crippen LogP contribution in [0.25, 0.3) is 0 Å². The SMILES string of the molecule is CC(C)N(CCC#N)S(=O)(=O)c1cccc(C(=O)O)c1. The van der Waals surface area contributed by atoms with Gasteiger partial charge in [0.25, 0.3) is 0 Å². The minimum absolute atomic E-state index is 0.0772. The number of carboxylic acids is 1. The standard InChI is InChI=1S/C13H16N2O4S/c1-10(2)15(8-4-7-14)20(18,19)12-6-3-5-11(9-12)13(16)17/h3,5-6,9-10H,4,8H2,1-2H3,(H,16,17). The lowest BCUT2D eigenvalue weighted by atomic mass is 10.2. The summed E-state index contributed by atoms with van der Waals surface area (Å²) in [6, 6.07) is 6.78. The highest BCUT2D eigenvalue weighted by atomic mass is 32.2. The van der Waals surface area contributed by atoms with Crippen LogP contribution in [-0.4, -0.2) is 36.4 Å². The van der Waals surface area contributed by atoms with Gasteiger partial charge in [-0.25, -0.2) is 13.2 Å². The van der Waals surface area contributed by atoms with Crippen LogP contribution < -0.4 is 0 Å². The van der Waals surface area contributed by atoms with E-state index < -0.39 is 16.0 Å². The van der Waals surface area contributed by atoms with E-state index in [1.165, 1.54) is 22.5 Å². The number of hydrogen-bond donors (Lipinski definition) is 1. The van der Waals surface area contributed by atoms with Crippen LogP contribution in [0.3, 0.4) is 0 Å². The molecule has 1 N–H and O–H groups in total. The molecule has 0 atom stereocenters. The van der Waals surface area contributed by atoms with Crippen LogP contribution in [0.15, 0.2) is 29.2 Å². The second-order valence-electron chi connectivity index (χ2n) is 4.45. The van der Waals surface area contributed by atoms with Crippen molar-refractivity contribution >= 4 is 16.0 Å². The van der Waals surface area contributed by atoms with Crippen LogP contribution in [0.4, 0.5) is 0 Å². The maximum absolute atomic E-state index is 12.5. The zero-order valence-corrected chi connectivity index (χ0v) is 12.1. The summed E-state index contributed by atoms with van der Waals surface area (Å²) in [6.07, 6.45) is 0.0794. The Morgan fingerprint density at radius 2 is 2.10 bits per heavy atom. The second-order valence-corrected chi connectivity index (χ2v) is 6.34. The molecule has 108 valence electrons. The predicted octanol–water partition coefficient (Wildman–Crippen LogP) is 1.70. The van der Waals surface area contributed by atoms with Crippen molar-refractivity contribution in [2.45, 2.75) is 31.2 Å². The Morgan fingerprint density at radius 3 is 2.60 bits per heavy atom. The average Bonchev–Trinajstić information content (AvgIpc) is 2.38. The minimum atomic E-state index is -3.81. The monoisotopic (exact) mass is 296 g/mol. The summed E-state index contributed by atoms with van der Waals surface area (Å²) >= 11 is 0. The first-order chi connectivity index (χ1) is 9.30. The highest BCUT2D eigenvalue weighted by Crippen LogP contribution is 2.19. The van der Waals surface area contributed by atoms with Gasteiger partial charge in [0.05, 0.1) is 16.5 Å². The van der Waals surface area contributed by atoms with Crippen molar-refractivity contribution in [3.63, 3.8) is 0 Å². The Morgan fingerprint density at radius 1 is 1.45 bits per heavy atom. The van der Waals surface area contributed by atoms with Gasteiger partial charge in [0.2, 0.25) is 10.0 Å². The molecule has 0 saturated heterocycles. The van der Waals surface area contributed by atoms with Crippen LogP contribution >= 0.6 is 0 Å². The Balaban J connectivity index is 3.23. The Bertz CT molecular complexity index is 632. The van der Waals surface area contributed by atoms with Crippen molar-refractivity contribution < 1.29 is 18.3 Å². The maximum atomic E-state index is 12.5. The summed E-state index contributed by atoms with van der Waals surface area (Å²) in [6.45, 7) is 3.49. The molecule has 0 amide bonds. The molecule has 1 aromatic carbocycles. The highest BCUT2D eigenvalue weighted by Gasteiger charge is 2.27. The molecule has 1 rings (SSSR count). The molecule has 0 aliphatic carbocycles. The minimum Gasteiger partial charge on any atom is -0.478 e. The first-order valence-electron chi connectivity index (χ1n) is 6.03. The third kappa shape index (κ3) is 3.56. The molecule has 0 bridgehead atoms. The zero-order valence-electron chi connectivity index (χ0n) is 11.3. The van der Waals surface area contributed by atoms with Crippen LogP contribution in [0.1, 0.15) is 30.6 Å². The maximum Gasteiger partial charge on any atom is 0.335 e. The van der Waals surface area contributed by atoms with Crippen LogP contribution in [0.2, 0.25) is 0 Å². The fourth-order valence-electron chi connectivity index (χ4n) is 1.74. The normalized spacial score (nSPS) is 11.6. The lowest BCUT2D eigenvalue weighted by molar-refractivity contribution is 0.0696. The van der Waals surface area contributed by atoms with E-state index in [1.807, 2.05) is 6.07 Å². The van der Waals surface area contributed by atoms with Gasteiger partial charge in [-0.15, -0.1) is 0 Å². The second kappa shape index (κ2) is 6.50. The summed E-state index contributed by atoms with van der Waals surface area (Å²) in [7, 11) is -3.81. The van der Waals surface area contributed by atoms with Crippen molar-refractivity contribution in [3.05, 3.63) is 29.8 Å². The van der Waals surface area contributed by atoms with E-state index in [2.05, 4.69) is 0 Å². The summed E-state index contributed by atoms with van der Waals surface area (Å²) in [5.41, 5.74) is -0.0879.